The summed E-state index contributed by atoms with van der Waals surface area (Å²) < 4.78 is 24.8. The fraction of sp³-hybridized carbons (Fsp3) is 0.304. The minimum atomic E-state index is -0.363. The average molecular weight is 409 g/mol. The van der Waals surface area contributed by atoms with Crippen molar-refractivity contribution in [2.24, 2.45) is 0 Å². The Kier molecular flexibility index (Phi) is 6.39. The summed E-state index contributed by atoms with van der Waals surface area (Å²) in [5, 5.41) is 2.91. The van der Waals surface area contributed by atoms with Crippen molar-refractivity contribution in [3.63, 3.8) is 0 Å². The molecule has 3 aromatic rings. The number of morpholine rings is 1. The Balaban J connectivity index is 1.24. The second kappa shape index (κ2) is 9.54. The monoisotopic (exact) mass is 409 g/mol. The van der Waals surface area contributed by atoms with Crippen LogP contribution in [0.3, 0.4) is 0 Å². The number of oxazole rings is 1. The molecule has 2 heterocycles. The smallest absolute Gasteiger partial charge is 0.220 e. The predicted molar refractivity (Wildman–Crippen MR) is 112 cm³/mol. The molecule has 0 saturated carbocycles. The Morgan fingerprint density at radius 2 is 1.87 bits per heavy atom. The fourth-order valence-electron chi connectivity index (χ4n) is 3.37. The number of nitrogens with zero attached hydrogens (tertiary/aromatic N) is 2. The van der Waals surface area contributed by atoms with E-state index in [0.717, 1.165) is 31.9 Å². The van der Waals surface area contributed by atoms with Gasteiger partial charge in [-0.25, -0.2) is 9.37 Å². The molecular formula is C23H24FN3O3. The van der Waals surface area contributed by atoms with Crippen LogP contribution in [0.2, 0.25) is 0 Å². The van der Waals surface area contributed by atoms with Crippen molar-refractivity contribution in [1.29, 1.82) is 0 Å². The molecule has 1 N–H and O–H groups in total. The van der Waals surface area contributed by atoms with Gasteiger partial charge in [-0.15, -0.1) is 0 Å². The highest BCUT2D eigenvalue weighted by atomic mass is 19.1. The van der Waals surface area contributed by atoms with Gasteiger partial charge in [0.2, 0.25) is 5.91 Å². The number of carbonyl (C=O) groups excluding carboxylic acids is 1. The molecule has 0 spiro atoms. The summed E-state index contributed by atoms with van der Waals surface area (Å²) in [5.41, 5.74) is 2.57. The van der Waals surface area contributed by atoms with Crippen molar-refractivity contribution in [1.82, 2.24) is 10.3 Å². The summed E-state index contributed by atoms with van der Waals surface area (Å²) in [6.07, 6.45) is 2.10. The Morgan fingerprint density at radius 1 is 1.10 bits per heavy atom. The predicted octanol–water partition coefficient (Wildman–Crippen LogP) is 3.57. The van der Waals surface area contributed by atoms with Crippen LogP contribution in [0.5, 0.6) is 0 Å². The van der Waals surface area contributed by atoms with Crippen molar-refractivity contribution >= 4 is 11.6 Å². The van der Waals surface area contributed by atoms with Crippen molar-refractivity contribution in [3.05, 3.63) is 72.0 Å². The molecule has 30 heavy (non-hydrogen) atoms. The van der Waals surface area contributed by atoms with Crippen molar-refractivity contribution in [2.75, 3.05) is 31.2 Å². The van der Waals surface area contributed by atoms with Crippen molar-refractivity contribution in [2.45, 2.75) is 19.4 Å². The molecule has 156 valence electrons. The number of anilines is 1. The molecule has 1 saturated heterocycles. The van der Waals surface area contributed by atoms with Gasteiger partial charge in [0.05, 0.1) is 25.0 Å². The van der Waals surface area contributed by atoms with Crippen LogP contribution in [0.1, 0.15) is 17.9 Å². The number of rotatable bonds is 7. The highest BCUT2D eigenvalue weighted by molar-refractivity contribution is 5.76. The Bertz CT molecular complexity index is 981. The number of hydrogen-bond donors (Lipinski definition) is 1. The number of aryl methyl sites for hydroxylation is 1. The minimum absolute atomic E-state index is 0.0853. The van der Waals surface area contributed by atoms with Gasteiger partial charge in [-0.3, -0.25) is 4.79 Å². The van der Waals surface area contributed by atoms with E-state index in [1.54, 1.807) is 18.2 Å². The van der Waals surface area contributed by atoms with Gasteiger partial charge in [0.25, 0.3) is 0 Å². The fourth-order valence-corrected chi connectivity index (χ4v) is 3.37. The highest BCUT2D eigenvalue weighted by Crippen LogP contribution is 2.23. The lowest BCUT2D eigenvalue weighted by atomic mass is 10.2. The maximum atomic E-state index is 13.8. The summed E-state index contributed by atoms with van der Waals surface area (Å²) in [5.74, 6) is 0.331. The van der Waals surface area contributed by atoms with Crippen molar-refractivity contribution in [3.8, 4) is 11.3 Å². The van der Waals surface area contributed by atoms with Crippen LogP contribution >= 0.6 is 0 Å². The molecule has 6 nitrogen and oxygen atoms in total. The first kappa shape index (κ1) is 20.1. The van der Waals surface area contributed by atoms with E-state index < -0.39 is 0 Å². The van der Waals surface area contributed by atoms with Crippen LogP contribution in [0.15, 0.2) is 59.1 Å². The van der Waals surface area contributed by atoms with E-state index in [2.05, 4.69) is 27.3 Å². The van der Waals surface area contributed by atoms with E-state index in [9.17, 15) is 9.18 Å². The third-order valence-electron chi connectivity index (χ3n) is 5.06. The van der Waals surface area contributed by atoms with Crippen molar-refractivity contribution < 1.29 is 18.3 Å². The van der Waals surface area contributed by atoms with E-state index in [-0.39, 0.29) is 18.1 Å². The maximum absolute atomic E-state index is 13.8. The first-order valence-electron chi connectivity index (χ1n) is 10.1. The van der Waals surface area contributed by atoms with E-state index in [1.165, 1.54) is 18.0 Å². The number of carbonyl (C=O) groups is 1. The summed E-state index contributed by atoms with van der Waals surface area (Å²) in [7, 11) is 0. The lowest BCUT2D eigenvalue weighted by Gasteiger charge is -2.28. The van der Waals surface area contributed by atoms with Crippen LogP contribution < -0.4 is 10.2 Å². The lowest BCUT2D eigenvalue weighted by molar-refractivity contribution is -0.121. The van der Waals surface area contributed by atoms with Gasteiger partial charge >= 0.3 is 0 Å². The number of hydrogen-bond acceptors (Lipinski definition) is 5. The van der Waals surface area contributed by atoms with Gasteiger partial charge in [0.1, 0.15) is 5.82 Å². The second-order valence-corrected chi connectivity index (χ2v) is 7.14. The maximum Gasteiger partial charge on any atom is 0.220 e. The van der Waals surface area contributed by atoms with Gasteiger partial charge in [-0.2, -0.15) is 0 Å². The molecule has 1 fully saturated rings. The quantitative estimate of drug-likeness (QED) is 0.646. The number of halogens is 1. The topological polar surface area (TPSA) is 67.6 Å². The van der Waals surface area contributed by atoms with Crippen LogP contribution in [-0.2, 0) is 22.5 Å². The average Bonchev–Trinajstić information content (AvgIpc) is 3.26. The molecule has 0 radical (unpaired) electrons. The van der Waals surface area contributed by atoms with Crippen LogP contribution in [0.4, 0.5) is 10.1 Å². The van der Waals surface area contributed by atoms with Crippen LogP contribution in [0, 0.1) is 5.82 Å². The molecule has 0 unspecified atom stereocenters. The third-order valence-corrected chi connectivity index (χ3v) is 5.06. The molecule has 2 aromatic carbocycles. The Hall–Kier alpha value is -3.19. The molecular weight excluding hydrogens is 385 g/mol. The first-order valence-corrected chi connectivity index (χ1v) is 10.1. The molecule has 0 bridgehead atoms. The molecule has 7 heteroatoms. The summed E-state index contributed by atoms with van der Waals surface area (Å²) >= 11 is 0. The van der Waals surface area contributed by atoms with Crippen LogP contribution in [-0.4, -0.2) is 37.2 Å². The zero-order valence-electron chi connectivity index (χ0n) is 16.6. The number of aromatic nitrogens is 1. The molecule has 1 aliphatic rings. The molecule has 1 aromatic heterocycles. The van der Waals surface area contributed by atoms with Crippen LogP contribution in [0.25, 0.3) is 11.3 Å². The zero-order valence-corrected chi connectivity index (χ0v) is 16.6. The second-order valence-electron chi connectivity index (χ2n) is 7.14. The minimum Gasteiger partial charge on any atom is -0.441 e. The number of nitrogens with one attached hydrogen (secondary N) is 1. The Labute approximate surface area is 174 Å². The Morgan fingerprint density at radius 3 is 2.63 bits per heavy atom. The van der Waals surface area contributed by atoms with Gasteiger partial charge in [0.15, 0.2) is 11.7 Å². The third kappa shape index (κ3) is 5.04. The van der Waals surface area contributed by atoms with Gasteiger partial charge < -0.3 is 19.4 Å². The van der Waals surface area contributed by atoms with Gasteiger partial charge in [-0.1, -0.05) is 24.3 Å². The van der Waals surface area contributed by atoms with E-state index >= 15 is 0 Å². The standard InChI is InChI=1S/C23H24FN3O3/c24-20-4-2-1-3-19(20)21-16-26-23(30-21)10-9-22(28)25-15-17-5-7-18(8-6-17)27-11-13-29-14-12-27/h1-8,16H,9-15H2,(H,25,28). The lowest BCUT2D eigenvalue weighted by Crippen LogP contribution is -2.36. The number of ether oxygens (including phenoxy) is 1. The van der Waals surface area contributed by atoms with E-state index in [1.807, 2.05) is 12.1 Å². The normalized spacial score (nSPS) is 14.0. The number of amides is 1. The van der Waals surface area contributed by atoms with Gasteiger partial charge in [-0.05, 0) is 29.8 Å². The van der Waals surface area contributed by atoms with Gasteiger partial charge in [0, 0.05) is 38.2 Å². The molecule has 4 rings (SSSR count). The van der Waals surface area contributed by atoms with E-state index in [4.69, 9.17) is 9.15 Å². The molecule has 1 amide bonds. The van der Waals surface area contributed by atoms with E-state index in [0.29, 0.717) is 30.2 Å². The molecule has 1 aliphatic heterocycles. The SMILES string of the molecule is O=C(CCc1ncc(-c2ccccc2F)o1)NCc1ccc(N2CCOCC2)cc1. The molecule has 0 aliphatic carbocycles. The number of benzene rings is 2. The largest absolute Gasteiger partial charge is 0.441 e. The first-order chi connectivity index (χ1) is 14.7. The zero-order chi connectivity index (χ0) is 20.8. The molecule has 0 atom stereocenters. The summed E-state index contributed by atoms with van der Waals surface area (Å²) in [4.78, 5) is 18.6. The highest BCUT2D eigenvalue weighted by Gasteiger charge is 2.13. The summed E-state index contributed by atoms with van der Waals surface area (Å²) in [6.45, 7) is 3.77. The summed E-state index contributed by atoms with van der Waals surface area (Å²) in [6, 6.07) is 14.6.